The normalized spacial score (nSPS) is 13.1. The van der Waals surface area contributed by atoms with Gasteiger partial charge in [-0.05, 0) is 31.9 Å². The average molecular weight is 607 g/mol. The second-order valence-corrected chi connectivity index (χ2v) is 11.1. The second kappa shape index (κ2) is 15.9. The van der Waals surface area contributed by atoms with Gasteiger partial charge in [-0.1, -0.05) is 60.7 Å². The van der Waals surface area contributed by atoms with E-state index in [-0.39, 0.29) is 19.4 Å². The first-order chi connectivity index (χ1) is 20.9. The van der Waals surface area contributed by atoms with E-state index in [1.807, 2.05) is 12.1 Å². The summed E-state index contributed by atoms with van der Waals surface area (Å²) >= 11 is 0. The summed E-state index contributed by atoms with van der Waals surface area (Å²) < 4.78 is 10.8. The summed E-state index contributed by atoms with van der Waals surface area (Å²) in [6.45, 7) is 5.05. The second-order valence-electron chi connectivity index (χ2n) is 11.1. The van der Waals surface area contributed by atoms with Crippen molar-refractivity contribution in [1.29, 1.82) is 0 Å². The highest BCUT2D eigenvalue weighted by atomic mass is 16.6. The van der Waals surface area contributed by atoms with Gasteiger partial charge in [-0.15, -0.1) is 0 Å². The number of aromatic amines is 1. The summed E-state index contributed by atoms with van der Waals surface area (Å²) in [4.78, 5) is 71.2. The molecular formula is C31H38N6O7. The van der Waals surface area contributed by atoms with Gasteiger partial charge < -0.3 is 36.1 Å². The summed E-state index contributed by atoms with van der Waals surface area (Å²) in [5, 5.41) is 7.58. The Morgan fingerprint density at radius 2 is 1.41 bits per heavy atom. The number of hydrogen-bond acceptors (Lipinski definition) is 8. The smallest absolute Gasteiger partial charge is 0.408 e. The topological polar surface area (TPSA) is 195 Å². The molecule has 0 saturated heterocycles. The Morgan fingerprint density at radius 1 is 0.818 bits per heavy atom. The molecule has 6 N–H and O–H groups in total. The van der Waals surface area contributed by atoms with Crippen LogP contribution in [0.2, 0.25) is 0 Å². The van der Waals surface area contributed by atoms with Crippen LogP contribution in [0.25, 0.3) is 0 Å². The molecule has 0 aliphatic rings. The lowest BCUT2D eigenvalue weighted by molar-refractivity contribution is -0.158. The van der Waals surface area contributed by atoms with E-state index >= 15 is 0 Å². The van der Waals surface area contributed by atoms with Gasteiger partial charge in [-0.3, -0.25) is 14.4 Å². The number of aromatic nitrogens is 2. The maximum Gasteiger partial charge on any atom is 0.408 e. The molecule has 0 radical (unpaired) electrons. The zero-order valence-corrected chi connectivity index (χ0v) is 24.9. The van der Waals surface area contributed by atoms with Crippen molar-refractivity contribution in [2.45, 2.75) is 70.4 Å². The zero-order chi connectivity index (χ0) is 32.1. The fourth-order valence-electron chi connectivity index (χ4n) is 4.10. The van der Waals surface area contributed by atoms with Crippen LogP contribution < -0.4 is 21.7 Å². The Balaban J connectivity index is 1.76. The Morgan fingerprint density at radius 3 is 1.98 bits per heavy atom. The Hall–Kier alpha value is -5.20. The van der Waals surface area contributed by atoms with E-state index in [4.69, 9.17) is 15.2 Å². The van der Waals surface area contributed by atoms with Crippen molar-refractivity contribution in [3.05, 3.63) is 90.0 Å². The molecule has 0 aliphatic carbocycles. The van der Waals surface area contributed by atoms with E-state index in [0.29, 0.717) is 5.69 Å². The molecule has 0 saturated carbocycles. The van der Waals surface area contributed by atoms with Crippen molar-refractivity contribution in [2.75, 3.05) is 0 Å². The van der Waals surface area contributed by atoms with Gasteiger partial charge in [0.25, 0.3) is 0 Å². The number of imidazole rings is 1. The number of nitrogens with one attached hydrogen (secondary N) is 4. The van der Waals surface area contributed by atoms with E-state index in [9.17, 15) is 24.0 Å². The molecule has 13 nitrogen and oxygen atoms in total. The average Bonchev–Trinajstić information content (AvgIpc) is 3.48. The van der Waals surface area contributed by atoms with Crippen LogP contribution in [0.4, 0.5) is 4.79 Å². The third-order valence-electron chi connectivity index (χ3n) is 6.13. The summed E-state index contributed by atoms with van der Waals surface area (Å²) in [5.41, 5.74) is 6.57. The van der Waals surface area contributed by atoms with Crippen LogP contribution in [-0.4, -0.2) is 63.5 Å². The molecule has 3 atom stereocenters. The number of esters is 1. The third-order valence-corrected chi connectivity index (χ3v) is 6.13. The van der Waals surface area contributed by atoms with E-state index in [1.165, 1.54) is 12.5 Å². The quantitative estimate of drug-likeness (QED) is 0.171. The molecule has 0 spiro atoms. The minimum absolute atomic E-state index is 0.0360. The largest absolute Gasteiger partial charge is 0.458 e. The van der Waals surface area contributed by atoms with Crippen LogP contribution in [0, 0.1) is 0 Å². The summed E-state index contributed by atoms with van der Waals surface area (Å²) in [5.74, 6) is -3.20. The van der Waals surface area contributed by atoms with Gasteiger partial charge in [0, 0.05) is 24.7 Å². The maximum atomic E-state index is 13.4. The zero-order valence-electron chi connectivity index (χ0n) is 24.9. The number of H-pyrrole nitrogens is 1. The first kappa shape index (κ1) is 33.3. The molecule has 44 heavy (non-hydrogen) atoms. The SMILES string of the molecule is CC(C)(C)OC(=O)[C@H](Cc1ccccc1)NC(=O)[C@H](CC(N)=O)NC(=O)[C@H](Cc1cnc[nH]1)NC(=O)OCc1ccccc1. The number of rotatable bonds is 14. The molecule has 3 aromatic rings. The molecule has 4 amide bonds. The van der Waals surface area contributed by atoms with Gasteiger partial charge in [0.15, 0.2) is 0 Å². The Bertz CT molecular complexity index is 1390. The van der Waals surface area contributed by atoms with Crippen molar-refractivity contribution in [1.82, 2.24) is 25.9 Å². The third kappa shape index (κ3) is 11.6. The number of ether oxygens (including phenoxy) is 2. The number of alkyl carbamates (subject to hydrolysis) is 1. The minimum Gasteiger partial charge on any atom is -0.458 e. The van der Waals surface area contributed by atoms with Gasteiger partial charge in [-0.25, -0.2) is 14.6 Å². The number of nitrogens with zero attached hydrogens (tertiary/aromatic N) is 1. The molecule has 13 heteroatoms. The van der Waals surface area contributed by atoms with Crippen molar-refractivity contribution in [3.63, 3.8) is 0 Å². The first-order valence-corrected chi connectivity index (χ1v) is 14.0. The Labute approximate surface area is 255 Å². The van der Waals surface area contributed by atoms with Crippen LogP contribution in [-0.2, 0) is 48.1 Å². The van der Waals surface area contributed by atoms with Crippen molar-refractivity contribution >= 4 is 29.8 Å². The molecule has 3 rings (SSSR count). The molecule has 1 heterocycles. The van der Waals surface area contributed by atoms with Crippen molar-refractivity contribution < 1.29 is 33.4 Å². The standard InChI is InChI=1S/C31H38N6O7/c1-31(2,3)44-29(41)25(14-20-10-6-4-7-11-20)36-28(40)24(16-26(32)38)35-27(39)23(15-22-17-33-19-34-22)37-30(42)43-18-21-12-8-5-9-13-21/h4-13,17,19,23-25H,14-16,18H2,1-3H3,(H2,32,38)(H,33,34)(H,35,39)(H,36,40)(H,37,42)/t23-,24-,25-/m0/s1. The van der Waals surface area contributed by atoms with E-state index in [0.717, 1.165) is 11.1 Å². The van der Waals surface area contributed by atoms with Gasteiger partial charge in [0.1, 0.15) is 30.3 Å². The van der Waals surface area contributed by atoms with Crippen molar-refractivity contribution in [3.8, 4) is 0 Å². The molecule has 0 aliphatic heterocycles. The fourth-order valence-corrected chi connectivity index (χ4v) is 4.10. The fraction of sp³-hybridized carbons (Fsp3) is 0.355. The van der Waals surface area contributed by atoms with Crippen molar-refractivity contribution in [2.24, 2.45) is 5.73 Å². The van der Waals surface area contributed by atoms with Gasteiger partial charge >= 0.3 is 12.1 Å². The van der Waals surface area contributed by atoms with Crippen LogP contribution >= 0.6 is 0 Å². The number of benzene rings is 2. The first-order valence-electron chi connectivity index (χ1n) is 14.0. The lowest BCUT2D eigenvalue weighted by atomic mass is 10.0. The number of amides is 4. The molecule has 1 aromatic heterocycles. The number of nitrogens with two attached hydrogens (primary N) is 1. The summed E-state index contributed by atoms with van der Waals surface area (Å²) in [7, 11) is 0. The lowest BCUT2D eigenvalue weighted by Crippen LogP contribution is -2.57. The highest BCUT2D eigenvalue weighted by Crippen LogP contribution is 2.12. The number of hydrogen-bond donors (Lipinski definition) is 5. The lowest BCUT2D eigenvalue weighted by Gasteiger charge is -2.27. The van der Waals surface area contributed by atoms with Gasteiger partial charge in [0.2, 0.25) is 17.7 Å². The van der Waals surface area contributed by atoms with Gasteiger partial charge in [0.05, 0.1) is 12.7 Å². The van der Waals surface area contributed by atoms with Crippen LogP contribution in [0.3, 0.4) is 0 Å². The number of carbonyl (C=O) groups excluding carboxylic acids is 5. The van der Waals surface area contributed by atoms with Crippen LogP contribution in [0.5, 0.6) is 0 Å². The van der Waals surface area contributed by atoms with E-state index < -0.39 is 59.9 Å². The monoisotopic (exact) mass is 606 g/mol. The molecule has 0 fully saturated rings. The molecule has 234 valence electrons. The molecular weight excluding hydrogens is 568 g/mol. The minimum atomic E-state index is -1.47. The van der Waals surface area contributed by atoms with Crippen LogP contribution in [0.15, 0.2) is 73.2 Å². The molecule has 2 aromatic carbocycles. The predicted molar refractivity (Wildman–Crippen MR) is 160 cm³/mol. The number of primary amides is 1. The molecule has 0 bridgehead atoms. The van der Waals surface area contributed by atoms with Crippen LogP contribution in [0.1, 0.15) is 44.0 Å². The maximum absolute atomic E-state index is 13.4. The highest BCUT2D eigenvalue weighted by Gasteiger charge is 2.33. The highest BCUT2D eigenvalue weighted by molar-refractivity contribution is 5.95. The number of carbonyl (C=O) groups is 5. The Kier molecular flexibility index (Phi) is 12.0. The summed E-state index contributed by atoms with van der Waals surface area (Å²) in [6, 6.07) is 14.1. The summed E-state index contributed by atoms with van der Waals surface area (Å²) in [6.07, 6.45) is 1.49. The predicted octanol–water partition coefficient (Wildman–Crippen LogP) is 1.68. The van der Waals surface area contributed by atoms with E-state index in [2.05, 4.69) is 25.9 Å². The van der Waals surface area contributed by atoms with E-state index in [1.54, 1.807) is 69.3 Å². The van der Waals surface area contributed by atoms with Gasteiger partial charge in [-0.2, -0.15) is 0 Å². The molecule has 0 unspecified atom stereocenters.